The number of thiazole rings is 1. The fourth-order valence-electron chi connectivity index (χ4n) is 2.16. The summed E-state index contributed by atoms with van der Waals surface area (Å²) in [7, 11) is 1.92. The number of carboxylic acids is 1. The summed E-state index contributed by atoms with van der Waals surface area (Å²) >= 11 is 2.74. The minimum atomic E-state index is -0.917. The quantitative estimate of drug-likeness (QED) is 0.747. The van der Waals surface area contributed by atoms with Crippen molar-refractivity contribution in [3.63, 3.8) is 0 Å². The van der Waals surface area contributed by atoms with Crippen molar-refractivity contribution in [2.24, 2.45) is 7.05 Å². The zero-order valence-corrected chi connectivity index (χ0v) is 13.2. The molecule has 0 aliphatic rings. The lowest BCUT2D eigenvalue weighted by molar-refractivity contribution is 0.0701. The Hall–Kier alpha value is -1.86. The summed E-state index contributed by atoms with van der Waals surface area (Å²) in [6, 6.07) is 8.07. The Bertz CT molecular complexity index is 823. The molecule has 0 amide bonds. The van der Waals surface area contributed by atoms with Crippen LogP contribution in [0.15, 0.2) is 28.6 Å². The number of aryl methyl sites for hydroxylation is 2. The van der Waals surface area contributed by atoms with Gasteiger partial charge in [0.1, 0.15) is 4.88 Å². The van der Waals surface area contributed by atoms with E-state index in [2.05, 4.69) is 10.1 Å². The number of fused-ring (bicyclic) bond motifs is 1. The smallest absolute Gasteiger partial charge is 0.347 e. The first-order valence-electron chi connectivity index (χ1n) is 6.30. The van der Waals surface area contributed by atoms with Crippen molar-refractivity contribution in [1.29, 1.82) is 0 Å². The van der Waals surface area contributed by atoms with Gasteiger partial charge in [0.15, 0.2) is 4.34 Å². The van der Waals surface area contributed by atoms with Crippen LogP contribution in [0.4, 0.5) is 0 Å². The second-order valence-electron chi connectivity index (χ2n) is 4.58. The van der Waals surface area contributed by atoms with E-state index in [1.165, 1.54) is 23.1 Å². The highest BCUT2D eigenvalue weighted by Crippen LogP contribution is 2.31. The van der Waals surface area contributed by atoms with Crippen molar-refractivity contribution >= 4 is 40.0 Å². The average molecular weight is 319 g/mol. The average Bonchev–Trinajstić information content (AvgIpc) is 2.98. The first-order valence-corrected chi connectivity index (χ1v) is 8.10. The standard InChI is InChI=1S/C14H13N3O2S2/c1-8-12(13(18)19)21-14(15-8)20-7-10-9-5-3-4-6-11(9)17(2)16-10/h3-6H,7H2,1-2H3,(H,18,19). The number of rotatable bonds is 4. The molecule has 1 aromatic carbocycles. The molecule has 3 aromatic rings. The Labute approximate surface area is 129 Å². The molecule has 0 bridgehead atoms. The van der Waals surface area contributed by atoms with Crippen LogP contribution < -0.4 is 0 Å². The van der Waals surface area contributed by atoms with Gasteiger partial charge in [-0.25, -0.2) is 9.78 Å². The molecule has 7 heteroatoms. The van der Waals surface area contributed by atoms with Crippen molar-refractivity contribution in [2.75, 3.05) is 0 Å². The first-order chi connectivity index (χ1) is 10.1. The van der Waals surface area contributed by atoms with Crippen molar-refractivity contribution in [3.05, 3.63) is 40.5 Å². The Balaban J connectivity index is 1.84. The third kappa shape index (κ3) is 2.66. The lowest BCUT2D eigenvalue weighted by Crippen LogP contribution is -1.94. The topological polar surface area (TPSA) is 68.0 Å². The third-order valence-electron chi connectivity index (χ3n) is 3.14. The largest absolute Gasteiger partial charge is 0.477 e. The predicted molar refractivity (Wildman–Crippen MR) is 84.1 cm³/mol. The van der Waals surface area contributed by atoms with E-state index < -0.39 is 5.97 Å². The van der Waals surface area contributed by atoms with Gasteiger partial charge in [-0.3, -0.25) is 4.68 Å². The number of benzene rings is 1. The molecule has 5 nitrogen and oxygen atoms in total. The predicted octanol–water partition coefficient (Wildman–Crippen LogP) is 3.33. The van der Waals surface area contributed by atoms with Gasteiger partial charge in [0.25, 0.3) is 0 Å². The van der Waals surface area contributed by atoms with Crippen LogP contribution in [0.1, 0.15) is 21.1 Å². The highest BCUT2D eigenvalue weighted by atomic mass is 32.2. The molecule has 108 valence electrons. The normalized spacial score (nSPS) is 11.1. The van der Waals surface area contributed by atoms with Crippen LogP contribution in [0, 0.1) is 6.92 Å². The SMILES string of the molecule is Cc1nc(SCc2nn(C)c3ccccc23)sc1C(=O)O. The fraction of sp³-hybridized carbons (Fsp3) is 0.214. The Morgan fingerprint density at radius 2 is 2.19 bits per heavy atom. The number of para-hydroxylation sites is 1. The zero-order chi connectivity index (χ0) is 15.0. The summed E-state index contributed by atoms with van der Waals surface area (Å²) in [5.41, 5.74) is 2.65. The van der Waals surface area contributed by atoms with E-state index >= 15 is 0 Å². The summed E-state index contributed by atoms with van der Waals surface area (Å²) in [6.45, 7) is 1.72. The lowest BCUT2D eigenvalue weighted by Gasteiger charge is -1.94. The van der Waals surface area contributed by atoms with Crippen molar-refractivity contribution in [1.82, 2.24) is 14.8 Å². The zero-order valence-electron chi connectivity index (χ0n) is 11.5. The third-order valence-corrected chi connectivity index (χ3v) is 5.44. The van der Waals surface area contributed by atoms with Gasteiger partial charge in [0.05, 0.1) is 16.9 Å². The maximum absolute atomic E-state index is 11.0. The molecule has 3 rings (SSSR count). The van der Waals surface area contributed by atoms with Crippen LogP contribution in [0.25, 0.3) is 10.9 Å². The van der Waals surface area contributed by atoms with Gasteiger partial charge in [-0.1, -0.05) is 30.0 Å². The van der Waals surface area contributed by atoms with Gasteiger partial charge < -0.3 is 5.11 Å². The molecule has 0 fully saturated rings. The van der Waals surface area contributed by atoms with Gasteiger partial charge >= 0.3 is 5.97 Å². The summed E-state index contributed by atoms with van der Waals surface area (Å²) in [6.07, 6.45) is 0. The lowest BCUT2D eigenvalue weighted by atomic mass is 10.2. The van der Waals surface area contributed by atoms with E-state index in [0.717, 1.165) is 20.9 Å². The van der Waals surface area contributed by atoms with Crippen LogP contribution in [0.5, 0.6) is 0 Å². The number of hydrogen-bond acceptors (Lipinski definition) is 5. The van der Waals surface area contributed by atoms with E-state index in [1.807, 2.05) is 36.0 Å². The summed E-state index contributed by atoms with van der Waals surface area (Å²) < 4.78 is 2.63. The first kappa shape index (κ1) is 14.1. The molecule has 21 heavy (non-hydrogen) atoms. The maximum atomic E-state index is 11.0. The van der Waals surface area contributed by atoms with Gasteiger partial charge in [0.2, 0.25) is 0 Å². The van der Waals surface area contributed by atoms with Crippen molar-refractivity contribution < 1.29 is 9.90 Å². The van der Waals surface area contributed by atoms with Crippen LogP contribution in [-0.4, -0.2) is 25.8 Å². The molecule has 2 heterocycles. The number of nitrogens with zero attached hydrogens (tertiary/aromatic N) is 3. The molecule has 1 N–H and O–H groups in total. The molecular formula is C14H13N3O2S2. The summed E-state index contributed by atoms with van der Waals surface area (Å²) in [5, 5.41) is 14.7. The molecule has 0 radical (unpaired) electrons. The minimum Gasteiger partial charge on any atom is -0.477 e. The second-order valence-corrected chi connectivity index (χ2v) is 6.80. The number of hydrogen-bond donors (Lipinski definition) is 1. The van der Waals surface area contributed by atoms with E-state index in [9.17, 15) is 4.79 Å². The Morgan fingerprint density at radius 1 is 1.43 bits per heavy atom. The van der Waals surface area contributed by atoms with Gasteiger partial charge in [0, 0.05) is 18.2 Å². The van der Waals surface area contributed by atoms with E-state index in [1.54, 1.807) is 6.92 Å². The van der Waals surface area contributed by atoms with Gasteiger partial charge in [-0.05, 0) is 13.0 Å². The number of aromatic nitrogens is 3. The van der Waals surface area contributed by atoms with Gasteiger partial charge in [-0.2, -0.15) is 5.10 Å². The number of aromatic carboxylic acids is 1. The molecule has 2 aromatic heterocycles. The molecule has 0 unspecified atom stereocenters. The van der Waals surface area contributed by atoms with E-state index in [0.29, 0.717) is 16.3 Å². The molecule has 0 saturated heterocycles. The Morgan fingerprint density at radius 3 is 2.90 bits per heavy atom. The maximum Gasteiger partial charge on any atom is 0.347 e. The van der Waals surface area contributed by atoms with Gasteiger partial charge in [-0.15, -0.1) is 11.3 Å². The molecule has 0 spiro atoms. The Kier molecular flexibility index (Phi) is 3.69. The fourth-order valence-corrected chi connectivity index (χ4v) is 4.13. The van der Waals surface area contributed by atoms with Crippen LogP contribution in [0.3, 0.4) is 0 Å². The van der Waals surface area contributed by atoms with Crippen LogP contribution in [0.2, 0.25) is 0 Å². The number of carboxylic acid groups (broad SMARTS) is 1. The van der Waals surface area contributed by atoms with Crippen molar-refractivity contribution in [2.45, 2.75) is 17.0 Å². The number of carbonyl (C=O) groups is 1. The molecule has 0 aliphatic carbocycles. The monoisotopic (exact) mass is 319 g/mol. The van der Waals surface area contributed by atoms with E-state index in [4.69, 9.17) is 5.11 Å². The minimum absolute atomic E-state index is 0.309. The second kappa shape index (κ2) is 5.50. The molecule has 0 saturated carbocycles. The summed E-state index contributed by atoms with van der Waals surface area (Å²) in [5.74, 6) is -0.243. The van der Waals surface area contributed by atoms with Crippen molar-refractivity contribution in [3.8, 4) is 0 Å². The molecule has 0 atom stereocenters. The van der Waals surface area contributed by atoms with Crippen LogP contribution >= 0.6 is 23.1 Å². The van der Waals surface area contributed by atoms with E-state index in [-0.39, 0.29) is 0 Å². The number of thioether (sulfide) groups is 1. The molecule has 0 aliphatic heterocycles. The molecular weight excluding hydrogens is 306 g/mol. The van der Waals surface area contributed by atoms with Crippen LogP contribution in [-0.2, 0) is 12.8 Å². The highest BCUT2D eigenvalue weighted by Gasteiger charge is 2.15. The summed E-state index contributed by atoms with van der Waals surface area (Å²) in [4.78, 5) is 15.6. The highest BCUT2D eigenvalue weighted by molar-refractivity contribution is 8.00.